The number of furan rings is 1. The predicted molar refractivity (Wildman–Crippen MR) is 88.7 cm³/mol. The van der Waals surface area contributed by atoms with Crippen molar-refractivity contribution in [3.63, 3.8) is 0 Å². The van der Waals surface area contributed by atoms with Gasteiger partial charge in [-0.05, 0) is 31.0 Å². The maximum absolute atomic E-state index is 11.5. The Morgan fingerprint density at radius 2 is 1.96 bits per heavy atom. The second-order valence-electron chi connectivity index (χ2n) is 5.13. The highest BCUT2D eigenvalue weighted by atomic mass is 79.9. The van der Waals surface area contributed by atoms with Gasteiger partial charge in [-0.2, -0.15) is 5.10 Å². The maximum Gasteiger partial charge on any atom is 0.329 e. The second-order valence-corrected chi connectivity index (χ2v) is 5.98. The number of carbonyl (C=O) groups is 2. The van der Waals surface area contributed by atoms with Crippen molar-refractivity contribution >= 4 is 34.0 Å². The number of carbonyl (C=O) groups excluding carboxylic acids is 2. The van der Waals surface area contributed by atoms with Crippen molar-refractivity contribution in [2.24, 2.45) is 5.10 Å². The molecule has 23 heavy (non-hydrogen) atoms. The Labute approximate surface area is 141 Å². The number of hydrazone groups is 1. The summed E-state index contributed by atoms with van der Waals surface area (Å²) in [5, 5.41) is 6.31. The van der Waals surface area contributed by atoms with Crippen LogP contribution in [0.4, 0.5) is 0 Å². The Kier molecular flexibility index (Phi) is 4.57. The Morgan fingerprint density at radius 1 is 1.17 bits per heavy atom. The van der Waals surface area contributed by atoms with Gasteiger partial charge < -0.3 is 9.73 Å². The number of halogens is 1. The third-order valence-electron chi connectivity index (χ3n) is 3.24. The smallest absolute Gasteiger partial charge is 0.329 e. The van der Waals surface area contributed by atoms with Crippen LogP contribution in [0.2, 0.25) is 0 Å². The van der Waals surface area contributed by atoms with Gasteiger partial charge >= 0.3 is 11.8 Å². The highest BCUT2D eigenvalue weighted by Crippen LogP contribution is 2.28. The summed E-state index contributed by atoms with van der Waals surface area (Å²) < 4.78 is 6.56. The van der Waals surface area contributed by atoms with Crippen LogP contribution in [-0.2, 0) is 9.59 Å². The average molecular weight is 376 g/mol. The van der Waals surface area contributed by atoms with Crippen molar-refractivity contribution in [3.8, 4) is 11.3 Å². The molecule has 0 unspecified atom stereocenters. The number of nitrogens with one attached hydrogen (secondary N) is 2. The normalized spacial score (nSPS) is 14.0. The Balaban J connectivity index is 1.59. The minimum atomic E-state index is -0.786. The largest absolute Gasteiger partial charge is 0.455 e. The van der Waals surface area contributed by atoms with Crippen LogP contribution >= 0.6 is 15.9 Å². The van der Waals surface area contributed by atoms with Crippen LogP contribution in [0.3, 0.4) is 0 Å². The van der Waals surface area contributed by atoms with Crippen LogP contribution in [0.25, 0.3) is 11.3 Å². The molecule has 1 heterocycles. The standard InChI is InChI=1S/C16H14BrN3O3/c17-13-4-2-1-3-12(13)14-8-7-11(23-14)9-18-20-16(22)15(21)19-10-5-6-10/h1-4,7-10H,5-6H2,(H,19,21)(H,20,22)/b18-9-. The van der Waals surface area contributed by atoms with Gasteiger partial charge in [-0.1, -0.05) is 34.1 Å². The van der Waals surface area contributed by atoms with E-state index >= 15 is 0 Å². The van der Waals surface area contributed by atoms with E-state index < -0.39 is 11.8 Å². The zero-order chi connectivity index (χ0) is 16.2. The van der Waals surface area contributed by atoms with Crippen LogP contribution in [0.1, 0.15) is 18.6 Å². The monoisotopic (exact) mass is 375 g/mol. The first-order valence-corrected chi connectivity index (χ1v) is 7.91. The molecule has 2 amide bonds. The number of hydrogen-bond donors (Lipinski definition) is 2. The third kappa shape index (κ3) is 4.07. The van der Waals surface area contributed by atoms with Crippen LogP contribution in [-0.4, -0.2) is 24.1 Å². The minimum absolute atomic E-state index is 0.134. The van der Waals surface area contributed by atoms with Crippen LogP contribution in [0.15, 0.2) is 50.4 Å². The van der Waals surface area contributed by atoms with E-state index in [0.29, 0.717) is 11.5 Å². The molecule has 1 saturated carbocycles. The molecule has 118 valence electrons. The molecule has 0 spiro atoms. The summed E-state index contributed by atoms with van der Waals surface area (Å²) in [6.45, 7) is 0. The lowest BCUT2D eigenvalue weighted by Gasteiger charge is -2.00. The molecule has 1 aromatic heterocycles. The van der Waals surface area contributed by atoms with Crippen molar-refractivity contribution in [3.05, 3.63) is 46.6 Å². The van der Waals surface area contributed by atoms with E-state index in [0.717, 1.165) is 22.9 Å². The molecular weight excluding hydrogens is 362 g/mol. The molecule has 3 rings (SSSR count). The lowest BCUT2D eigenvalue weighted by molar-refractivity contribution is -0.139. The van der Waals surface area contributed by atoms with Crippen LogP contribution < -0.4 is 10.7 Å². The molecule has 0 bridgehead atoms. The van der Waals surface area contributed by atoms with Gasteiger partial charge in [0.2, 0.25) is 0 Å². The highest BCUT2D eigenvalue weighted by Gasteiger charge is 2.26. The number of amides is 2. The van der Waals surface area contributed by atoms with E-state index in [1.165, 1.54) is 6.21 Å². The van der Waals surface area contributed by atoms with Crippen molar-refractivity contribution in [1.29, 1.82) is 0 Å². The van der Waals surface area contributed by atoms with Gasteiger partial charge in [-0.3, -0.25) is 9.59 Å². The molecule has 6 nitrogen and oxygen atoms in total. The Morgan fingerprint density at radius 3 is 2.70 bits per heavy atom. The quantitative estimate of drug-likeness (QED) is 0.489. The molecule has 0 aliphatic heterocycles. The zero-order valence-electron chi connectivity index (χ0n) is 12.1. The van der Waals surface area contributed by atoms with Crippen molar-refractivity contribution in [2.75, 3.05) is 0 Å². The first-order valence-electron chi connectivity index (χ1n) is 7.12. The van der Waals surface area contributed by atoms with E-state index in [1.807, 2.05) is 30.3 Å². The van der Waals surface area contributed by atoms with E-state index in [9.17, 15) is 9.59 Å². The van der Waals surface area contributed by atoms with Crippen molar-refractivity contribution in [1.82, 2.24) is 10.7 Å². The van der Waals surface area contributed by atoms with Gasteiger partial charge in [0, 0.05) is 16.1 Å². The molecule has 0 saturated heterocycles. The molecule has 1 fully saturated rings. The fraction of sp³-hybridized carbons (Fsp3) is 0.188. The van der Waals surface area contributed by atoms with E-state index in [2.05, 4.69) is 31.8 Å². The van der Waals surface area contributed by atoms with Gasteiger partial charge in [0.25, 0.3) is 0 Å². The first kappa shape index (κ1) is 15.5. The molecule has 1 aliphatic carbocycles. The molecule has 7 heteroatoms. The zero-order valence-corrected chi connectivity index (χ0v) is 13.7. The summed E-state index contributed by atoms with van der Waals surface area (Å²) in [6, 6.07) is 11.3. The van der Waals surface area contributed by atoms with Gasteiger partial charge in [-0.25, -0.2) is 5.43 Å². The molecule has 1 aromatic carbocycles. The molecule has 2 aromatic rings. The second kappa shape index (κ2) is 6.78. The van der Waals surface area contributed by atoms with E-state index in [-0.39, 0.29) is 6.04 Å². The molecular formula is C16H14BrN3O3. The first-order chi connectivity index (χ1) is 11.1. The van der Waals surface area contributed by atoms with Gasteiger partial charge in [0.1, 0.15) is 11.5 Å². The van der Waals surface area contributed by atoms with Gasteiger partial charge in [0.05, 0.1) is 6.21 Å². The third-order valence-corrected chi connectivity index (χ3v) is 3.93. The summed E-state index contributed by atoms with van der Waals surface area (Å²) in [5.41, 5.74) is 3.09. The topological polar surface area (TPSA) is 83.7 Å². The maximum atomic E-state index is 11.5. The van der Waals surface area contributed by atoms with E-state index in [4.69, 9.17) is 4.42 Å². The number of nitrogens with zero attached hydrogens (tertiary/aromatic N) is 1. The minimum Gasteiger partial charge on any atom is -0.455 e. The van der Waals surface area contributed by atoms with Crippen LogP contribution in [0.5, 0.6) is 0 Å². The van der Waals surface area contributed by atoms with Crippen LogP contribution in [0, 0.1) is 0 Å². The van der Waals surface area contributed by atoms with Gasteiger partial charge in [0.15, 0.2) is 0 Å². The lowest BCUT2D eigenvalue weighted by Crippen LogP contribution is -2.38. The Hall–Kier alpha value is -2.41. The molecule has 2 N–H and O–H groups in total. The molecule has 1 aliphatic rings. The van der Waals surface area contributed by atoms with Crippen molar-refractivity contribution < 1.29 is 14.0 Å². The van der Waals surface area contributed by atoms with E-state index in [1.54, 1.807) is 6.07 Å². The molecule has 0 radical (unpaired) electrons. The fourth-order valence-corrected chi connectivity index (χ4v) is 2.39. The summed E-state index contributed by atoms with van der Waals surface area (Å²) >= 11 is 3.46. The molecule has 0 atom stereocenters. The van der Waals surface area contributed by atoms with Gasteiger partial charge in [-0.15, -0.1) is 0 Å². The summed E-state index contributed by atoms with van der Waals surface area (Å²) in [6.07, 6.45) is 3.20. The van der Waals surface area contributed by atoms with Crippen molar-refractivity contribution in [2.45, 2.75) is 18.9 Å². The summed E-state index contributed by atoms with van der Waals surface area (Å²) in [5.74, 6) is -0.306. The average Bonchev–Trinajstić information content (AvgIpc) is 3.23. The predicted octanol–water partition coefficient (Wildman–Crippen LogP) is 2.44. The summed E-state index contributed by atoms with van der Waals surface area (Å²) in [7, 11) is 0. The summed E-state index contributed by atoms with van der Waals surface area (Å²) in [4.78, 5) is 22.9. The SMILES string of the molecule is O=C(N/N=C\c1ccc(-c2ccccc2Br)o1)C(=O)NC1CC1. The number of hydrogen-bond acceptors (Lipinski definition) is 4. The lowest BCUT2D eigenvalue weighted by atomic mass is 10.2. The fourth-order valence-electron chi connectivity index (χ4n) is 1.91. The Bertz CT molecular complexity index is 765. The number of benzene rings is 1. The number of rotatable bonds is 4. The highest BCUT2D eigenvalue weighted by molar-refractivity contribution is 9.10.